The Hall–Kier alpha value is -1.73. The summed E-state index contributed by atoms with van der Waals surface area (Å²) in [5, 5.41) is 10.1. The Morgan fingerprint density at radius 1 is 1.47 bits per heavy atom. The van der Waals surface area contributed by atoms with Crippen molar-refractivity contribution in [2.45, 2.75) is 20.0 Å². The molecule has 1 amide bonds. The highest BCUT2D eigenvalue weighted by Gasteiger charge is 2.15. The highest BCUT2D eigenvalue weighted by molar-refractivity contribution is 7.17. The molecule has 0 saturated heterocycles. The molecule has 0 bridgehead atoms. The van der Waals surface area contributed by atoms with Gasteiger partial charge in [-0.1, -0.05) is 11.3 Å². The monoisotopic (exact) mass is 298 g/mol. The van der Waals surface area contributed by atoms with Gasteiger partial charge in [0.2, 0.25) is 15.4 Å². The lowest BCUT2D eigenvalue weighted by Gasteiger charge is -2.12. The fourth-order valence-corrected chi connectivity index (χ4v) is 2.00. The molecule has 0 aliphatic heterocycles. The van der Waals surface area contributed by atoms with Crippen LogP contribution in [0.3, 0.4) is 0 Å². The van der Waals surface area contributed by atoms with E-state index in [9.17, 15) is 4.79 Å². The van der Waals surface area contributed by atoms with Gasteiger partial charge in [-0.2, -0.15) is 0 Å². The average molecular weight is 299 g/mol. The molecule has 0 aromatic carbocycles. The summed E-state index contributed by atoms with van der Waals surface area (Å²) in [6.45, 7) is 3.76. The zero-order valence-electron chi connectivity index (χ0n) is 10.3. The van der Waals surface area contributed by atoms with Crippen LogP contribution >= 0.6 is 22.9 Å². The minimum atomic E-state index is -0.397. The van der Waals surface area contributed by atoms with Crippen molar-refractivity contribution >= 4 is 34.5 Å². The molecular weight excluding hydrogens is 288 g/mol. The molecule has 2 aromatic rings. The summed E-state index contributed by atoms with van der Waals surface area (Å²) in [6.07, 6.45) is 1.55. The number of anilines is 1. The maximum absolute atomic E-state index is 11.9. The SMILES string of the molecule is CC(C)Oc1ncccc1NC(=O)c1nnc(Cl)s1. The normalized spacial score (nSPS) is 10.5. The van der Waals surface area contributed by atoms with Crippen molar-refractivity contribution in [2.24, 2.45) is 0 Å². The van der Waals surface area contributed by atoms with Crippen LogP contribution < -0.4 is 10.1 Å². The number of ether oxygens (including phenoxy) is 1. The summed E-state index contributed by atoms with van der Waals surface area (Å²) >= 11 is 6.64. The second kappa shape index (κ2) is 5.94. The van der Waals surface area contributed by atoms with Crippen LogP contribution in [-0.4, -0.2) is 27.2 Å². The summed E-state index contributed by atoms with van der Waals surface area (Å²) in [5.41, 5.74) is 0.479. The molecule has 2 heterocycles. The molecule has 0 radical (unpaired) electrons. The van der Waals surface area contributed by atoms with Crippen LogP contribution in [0.4, 0.5) is 5.69 Å². The smallest absolute Gasteiger partial charge is 0.286 e. The van der Waals surface area contributed by atoms with Crippen molar-refractivity contribution in [3.63, 3.8) is 0 Å². The van der Waals surface area contributed by atoms with E-state index in [1.165, 1.54) is 0 Å². The van der Waals surface area contributed by atoms with E-state index in [4.69, 9.17) is 16.3 Å². The fraction of sp³-hybridized carbons (Fsp3) is 0.273. The number of amides is 1. The standard InChI is InChI=1S/C11H11ClN4O2S/c1-6(2)18-9-7(4-3-5-13-9)14-8(17)10-15-16-11(12)19-10/h3-6H,1-2H3,(H,14,17). The maximum atomic E-state index is 11.9. The Morgan fingerprint density at radius 2 is 2.26 bits per heavy atom. The van der Waals surface area contributed by atoms with Crippen LogP contribution in [0, 0.1) is 0 Å². The Morgan fingerprint density at radius 3 is 2.89 bits per heavy atom. The van der Waals surface area contributed by atoms with Crippen LogP contribution in [0.2, 0.25) is 4.47 Å². The van der Waals surface area contributed by atoms with Gasteiger partial charge in [-0.05, 0) is 37.6 Å². The number of halogens is 1. The van der Waals surface area contributed by atoms with Crippen molar-refractivity contribution in [3.8, 4) is 5.88 Å². The third-order valence-corrected chi connectivity index (χ3v) is 2.98. The third-order valence-electron chi connectivity index (χ3n) is 1.96. The first-order chi connectivity index (χ1) is 9.06. The maximum Gasteiger partial charge on any atom is 0.286 e. The number of rotatable bonds is 4. The van der Waals surface area contributed by atoms with E-state index >= 15 is 0 Å². The van der Waals surface area contributed by atoms with E-state index in [1.54, 1.807) is 18.3 Å². The molecule has 0 fully saturated rings. The predicted molar refractivity (Wildman–Crippen MR) is 72.9 cm³/mol. The predicted octanol–water partition coefficient (Wildman–Crippen LogP) is 2.63. The number of carbonyl (C=O) groups is 1. The van der Waals surface area contributed by atoms with E-state index < -0.39 is 5.91 Å². The molecule has 0 saturated carbocycles. The van der Waals surface area contributed by atoms with Crippen molar-refractivity contribution in [1.82, 2.24) is 15.2 Å². The van der Waals surface area contributed by atoms with Gasteiger partial charge < -0.3 is 10.1 Å². The lowest BCUT2D eigenvalue weighted by molar-refractivity contribution is 0.102. The first-order valence-corrected chi connectivity index (χ1v) is 6.67. The first kappa shape index (κ1) is 13.7. The van der Waals surface area contributed by atoms with Crippen molar-refractivity contribution in [2.75, 3.05) is 5.32 Å². The van der Waals surface area contributed by atoms with E-state index in [2.05, 4.69) is 20.5 Å². The second-order valence-corrected chi connectivity index (χ2v) is 5.40. The molecular formula is C11H11ClN4O2S. The summed E-state index contributed by atoms with van der Waals surface area (Å²) in [5.74, 6) is -0.0348. The third kappa shape index (κ3) is 3.62. The molecule has 0 aliphatic carbocycles. The zero-order valence-corrected chi connectivity index (χ0v) is 11.8. The van der Waals surface area contributed by atoms with Gasteiger partial charge in [-0.15, -0.1) is 10.2 Å². The Labute approximate surface area is 118 Å². The van der Waals surface area contributed by atoms with E-state index in [-0.39, 0.29) is 15.6 Å². The Kier molecular flexibility index (Phi) is 4.28. The van der Waals surface area contributed by atoms with E-state index in [1.807, 2.05) is 13.8 Å². The minimum absolute atomic E-state index is 0.0403. The number of aromatic nitrogens is 3. The summed E-state index contributed by atoms with van der Waals surface area (Å²) in [7, 11) is 0. The van der Waals surface area contributed by atoms with Crippen LogP contribution in [0.15, 0.2) is 18.3 Å². The van der Waals surface area contributed by atoms with Gasteiger partial charge in [0.05, 0.1) is 6.10 Å². The topological polar surface area (TPSA) is 77.0 Å². The molecule has 2 rings (SSSR count). The highest BCUT2D eigenvalue weighted by Crippen LogP contribution is 2.23. The van der Waals surface area contributed by atoms with Gasteiger partial charge in [0.25, 0.3) is 5.91 Å². The molecule has 8 heteroatoms. The fourth-order valence-electron chi connectivity index (χ4n) is 1.28. The molecule has 19 heavy (non-hydrogen) atoms. The van der Waals surface area contributed by atoms with Crippen LogP contribution in [-0.2, 0) is 0 Å². The first-order valence-electron chi connectivity index (χ1n) is 5.48. The Bertz CT molecular complexity index is 588. The van der Waals surface area contributed by atoms with Crippen LogP contribution in [0.5, 0.6) is 5.88 Å². The zero-order chi connectivity index (χ0) is 13.8. The molecule has 1 N–H and O–H groups in total. The molecule has 0 atom stereocenters. The van der Waals surface area contributed by atoms with Crippen molar-refractivity contribution in [1.29, 1.82) is 0 Å². The van der Waals surface area contributed by atoms with Crippen LogP contribution in [0.25, 0.3) is 0 Å². The molecule has 0 unspecified atom stereocenters. The van der Waals surface area contributed by atoms with E-state index in [0.29, 0.717) is 11.6 Å². The number of pyridine rings is 1. The van der Waals surface area contributed by atoms with Gasteiger partial charge in [-0.3, -0.25) is 4.79 Å². The van der Waals surface area contributed by atoms with Gasteiger partial charge in [0, 0.05) is 6.20 Å². The summed E-state index contributed by atoms with van der Waals surface area (Å²) in [4.78, 5) is 16.0. The van der Waals surface area contributed by atoms with Crippen molar-refractivity contribution < 1.29 is 9.53 Å². The van der Waals surface area contributed by atoms with E-state index in [0.717, 1.165) is 11.3 Å². The number of nitrogens with one attached hydrogen (secondary N) is 1. The number of nitrogens with zero attached hydrogens (tertiary/aromatic N) is 3. The second-order valence-electron chi connectivity index (χ2n) is 3.84. The molecule has 0 spiro atoms. The quantitative estimate of drug-likeness (QED) is 0.939. The number of hydrogen-bond acceptors (Lipinski definition) is 6. The molecule has 6 nitrogen and oxygen atoms in total. The average Bonchev–Trinajstić information content (AvgIpc) is 2.78. The molecule has 100 valence electrons. The largest absolute Gasteiger partial charge is 0.473 e. The van der Waals surface area contributed by atoms with Crippen LogP contribution in [0.1, 0.15) is 23.6 Å². The molecule has 0 aliphatic rings. The summed E-state index contributed by atoms with van der Waals surface area (Å²) < 4.78 is 5.72. The highest BCUT2D eigenvalue weighted by atomic mass is 35.5. The lowest BCUT2D eigenvalue weighted by atomic mass is 10.4. The number of hydrogen-bond donors (Lipinski definition) is 1. The van der Waals surface area contributed by atoms with Crippen molar-refractivity contribution in [3.05, 3.63) is 27.8 Å². The summed E-state index contributed by atoms with van der Waals surface area (Å²) in [6, 6.07) is 3.40. The minimum Gasteiger partial charge on any atom is -0.473 e. The lowest BCUT2D eigenvalue weighted by Crippen LogP contribution is -2.15. The molecule has 2 aromatic heterocycles. The van der Waals surface area contributed by atoms with Gasteiger partial charge in [0.1, 0.15) is 5.69 Å². The van der Waals surface area contributed by atoms with Gasteiger partial charge in [0.15, 0.2) is 0 Å². The van der Waals surface area contributed by atoms with Gasteiger partial charge in [-0.25, -0.2) is 4.98 Å². The Balaban J connectivity index is 2.16. The van der Waals surface area contributed by atoms with Gasteiger partial charge >= 0.3 is 0 Å². The number of carbonyl (C=O) groups excluding carboxylic acids is 1.